The van der Waals surface area contributed by atoms with Crippen molar-refractivity contribution in [2.24, 2.45) is 0 Å². The fourth-order valence-corrected chi connectivity index (χ4v) is 1.64. The summed E-state index contributed by atoms with van der Waals surface area (Å²) in [6.45, 7) is 5.12. The van der Waals surface area contributed by atoms with Crippen LogP contribution >= 0.6 is 0 Å². The minimum atomic E-state index is -0.582. The molecular formula is C9H18O4Si. The Bertz CT molecular complexity index is 201. The Morgan fingerprint density at radius 3 is 2.43 bits per heavy atom. The van der Waals surface area contributed by atoms with Crippen molar-refractivity contribution in [1.29, 1.82) is 0 Å². The fourth-order valence-electron chi connectivity index (χ4n) is 1.06. The zero-order chi connectivity index (χ0) is 11.2. The zero-order valence-corrected chi connectivity index (χ0v) is 11.2. The summed E-state index contributed by atoms with van der Waals surface area (Å²) in [5, 5.41) is 0. The maximum Gasteiger partial charge on any atom is 0.330 e. The predicted octanol–water partition coefficient (Wildman–Crippen LogP) is -0.194. The van der Waals surface area contributed by atoms with Gasteiger partial charge in [0, 0.05) is 26.7 Å². The number of carbonyl (C=O) groups is 1. The minimum absolute atomic E-state index is 0.238. The van der Waals surface area contributed by atoms with Crippen LogP contribution < -0.4 is 0 Å². The second kappa shape index (κ2) is 5.95. The quantitative estimate of drug-likeness (QED) is 0.268. The van der Waals surface area contributed by atoms with Gasteiger partial charge in [0.2, 0.25) is 0 Å². The van der Waals surface area contributed by atoms with Gasteiger partial charge in [0.1, 0.15) is 11.5 Å². The molecule has 0 bridgehead atoms. The molecule has 14 heavy (non-hydrogen) atoms. The van der Waals surface area contributed by atoms with E-state index in [1.54, 1.807) is 21.1 Å². The van der Waals surface area contributed by atoms with Crippen molar-refractivity contribution < 1.29 is 19.0 Å². The minimum Gasteiger partial charge on any atom is -0.459 e. The molecule has 0 N–H and O–H groups in total. The van der Waals surface area contributed by atoms with Crippen LogP contribution in [0, 0.1) is 0 Å². The molecule has 0 saturated carbocycles. The molecule has 82 valence electrons. The van der Waals surface area contributed by atoms with Crippen LogP contribution in [-0.2, 0) is 19.0 Å². The maximum absolute atomic E-state index is 10.9. The van der Waals surface area contributed by atoms with Crippen LogP contribution in [-0.4, -0.2) is 41.9 Å². The molecule has 5 heteroatoms. The summed E-state index contributed by atoms with van der Waals surface area (Å²) in [5.41, 5.74) is -0.582. The molecule has 4 nitrogen and oxygen atoms in total. The first-order valence-electron chi connectivity index (χ1n) is 4.40. The Hall–Kier alpha value is -0.653. The van der Waals surface area contributed by atoms with E-state index in [0.717, 1.165) is 6.08 Å². The number of rotatable bonds is 6. The molecule has 0 heterocycles. The summed E-state index contributed by atoms with van der Waals surface area (Å²) in [5.74, 6) is -0.422. The average Bonchev–Trinajstić information content (AvgIpc) is 2.17. The number of ether oxygens (including phenoxy) is 3. The average molecular weight is 218 g/mol. The van der Waals surface area contributed by atoms with Gasteiger partial charge in [0.15, 0.2) is 0 Å². The molecule has 0 rings (SSSR count). The number of methoxy groups -OCH3 is 2. The van der Waals surface area contributed by atoms with Gasteiger partial charge in [-0.25, -0.2) is 4.79 Å². The third-order valence-corrected chi connectivity index (χ3v) is 3.23. The summed E-state index contributed by atoms with van der Waals surface area (Å²) in [4.78, 5) is 10.9. The second-order valence-corrected chi connectivity index (χ2v) is 4.72. The first-order chi connectivity index (χ1) is 6.47. The molecule has 0 radical (unpaired) electrons. The van der Waals surface area contributed by atoms with E-state index in [1.807, 2.05) is 0 Å². The van der Waals surface area contributed by atoms with Crippen molar-refractivity contribution in [3.63, 3.8) is 0 Å². The Balaban J connectivity index is 4.09. The molecule has 0 aromatic rings. The second-order valence-electron chi connectivity index (χ2n) is 3.20. The summed E-state index contributed by atoms with van der Waals surface area (Å²) in [6.07, 6.45) is 1.44. The number of hydrogen-bond donors (Lipinski definition) is 0. The molecule has 0 saturated heterocycles. The lowest BCUT2D eigenvalue weighted by Gasteiger charge is -2.29. The smallest absolute Gasteiger partial charge is 0.330 e. The van der Waals surface area contributed by atoms with E-state index in [0.29, 0.717) is 16.7 Å². The number of carbonyl (C=O) groups excluding carboxylic acids is 1. The van der Waals surface area contributed by atoms with Crippen LogP contribution in [0.4, 0.5) is 0 Å². The third-order valence-electron chi connectivity index (χ3n) is 2.01. The third kappa shape index (κ3) is 4.55. The molecular weight excluding hydrogens is 200 g/mol. The summed E-state index contributed by atoms with van der Waals surface area (Å²) in [6, 6.07) is 0. The van der Waals surface area contributed by atoms with Crippen LogP contribution in [0.15, 0.2) is 12.7 Å². The Morgan fingerprint density at radius 1 is 1.57 bits per heavy atom. The van der Waals surface area contributed by atoms with Crippen molar-refractivity contribution in [1.82, 2.24) is 0 Å². The molecule has 0 aliphatic carbocycles. The standard InChI is InChI=1S/C9H18O4Si/c1-5-8(10)13-7(2)6-9(14,11-3)12-4/h5,7H,1,6H2,2-4,14H3. The Kier molecular flexibility index (Phi) is 5.67. The highest BCUT2D eigenvalue weighted by Crippen LogP contribution is 2.15. The number of hydrogen-bond acceptors (Lipinski definition) is 4. The van der Waals surface area contributed by atoms with Crippen LogP contribution in [0.1, 0.15) is 13.3 Å². The molecule has 0 fully saturated rings. The van der Waals surface area contributed by atoms with Gasteiger partial charge in [-0.2, -0.15) is 0 Å². The highest BCUT2D eigenvalue weighted by Gasteiger charge is 2.26. The Morgan fingerprint density at radius 2 is 2.07 bits per heavy atom. The van der Waals surface area contributed by atoms with Gasteiger partial charge in [-0.05, 0) is 6.92 Å². The molecule has 0 aliphatic rings. The van der Waals surface area contributed by atoms with Gasteiger partial charge in [-0.1, -0.05) is 6.58 Å². The van der Waals surface area contributed by atoms with Crippen LogP contribution in [0.25, 0.3) is 0 Å². The van der Waals surface area contributed by atoms with E-state index < -0.39 is 11.4 Å². The van der Waals surface area contributed by atoms with Crippen molar-refractivity contribution in [2.75, 3.05) is 14.2 Å². The predicted molar refractivity (Wildman–Crippen MR) is 57.1 cm³/mol. The lowest BCUT2D eigenvalue weighted by atomic mass is 10.2. The van der Waals surface area contributed by atoms with Gasteiger partial charge in [0.05, 0.1) is 10.2 Å². The molecule has 0 aliphatic heterocycles. The van der Waals surface area contributed by atoms with E-state index in [1.165, 1.54) is 0 Å². The summed E-state index contributed by atoms with van der Waals surface area (Å²) < 4.78 is 15.4. The molecule has 0 amide bonds. The highest BCUT2D eigenvalue weighted by atomic mass is 28.1. The van der Waals surface area contributed by atoms with E-state index >= 15 is 0 Å². The summed E-state index contributed by atoms with van der Waals surface area (Å²) in [7, 11) is 3.87. The lowest BCUT2D eigenvalue weighted by Crippen LogP contribution is -2.38. The molecule has 0 aromatic heterocycles. The molecule has 0 spiro atoms. The van der Waals surface area contributed by atoms with Crippen molar-refractivity contribution in [3.05, 3.63) is 12.7 Å². The SMILES string of the molecule is C=CC(=O)OC(C)CC([SiH3])(OC)OC. The first-order valence-corrected chi connectivity index (χ1v) is 5.40. The van der Waals surface area contributed by atoms with Crippen molar-refractivity contribution in [3.8, 4) is 0 Å². The van der Waals surface area contributed by atoms with E-state index in [-0.39, 0.29) is 6.10 Å². The van der Waals surface area contributed by atoms with Crippen molar-refractivity contribution in [2.45, 2.75) is 24.9 Å². The normalized spacial score (nSPS) is 13.6. The van der Waals surface area contributed by atoms with E-state index in [9.17, 15) is 4.79 Å². The molecule has 0 aromatic carbocycles. The van der Waals surface area contributed by atoms with Gasteiger partial charge >= 0.3 is 5.97 Å². The monoisotopic (exact) mass is 218 g/mol. The van der Waals surface area contributed by atoms with Gasteiger partial charge < -0.3 is 14.2 Å². The largest absolute Gasteiger partial charge is 0.459 e. The van der Waals surface area contributed by atoms with Gasteiger partial charge in [0.25, 0.3) is 0 Å². The zero-order valence-electron chi connectivity index (χ0n) is 9.20. The van der Waals surface area contributed by atoms with Crippen LogP contribution in [0.3, 0.4) is 0 Å². The number of esters is 1. The molecule has 1 unspecified atom stereocenters. The van der Waals surface area contributed by atoms with Crippen LogP contribution in [0.2, 0.25) is 0 Å². The van der Waals surface area contributed by atoms with E-state index in [4.69, 9.17) is 14.2 Å². The highest BCUT2D eigenvalue weighted by molar-refractivity contribution is 6.13. The fraction of sp³-hybridized carbons (Fsp3) is 0.667. The van der Waals surface area contributed by atoms with Crippen molar-refractivity contribution >= 4 is 16.2 Å². The molecule has 1 atom stereocenters. The Labute approximate surface area is 87.6 Å². The topological polar surface area (TPSA) is 44.8 Å². The lowest BCUT2D eigenvalue weighted by molar-refractivity contribution is -0.169. The van der Waals surface area contributed by atoms with Gasteiger partial charge in [-0.3, -0.25) is 0 Å². The first kappa shape index (κ1) is 13.3. The maximum atomic E-state index is 10.9. The van der Waals surface area contributed by atoms with E-state index in [2.05, 4.69) is 6.58 Å². The van der Waals surface area contributed by atoms with Gasteiger partial charge in [-0.15, -0.1) is 0 Å². The van der Waals surface area contributed by atoms with Crippen LogP contribution in [0.5, 0.6) is 0 Å². The summed E-state index contributed by atoms with van der Waals surface area (Å²) >= 11 is 0.